The summed E-state index contributed by atoms with van der Waals surface area (Å²) in [7, 11) is 0. The number of rotatable bonds is 6. The molecule has 0 saturated carbocycles. The molecule has 2 aromatic heterocycles. The third-order valence-corrected chi connectivity index (χ3v) is 5.17. The van der Waals surface area contributed by atoms with E-state index in [4.69, 9.17) is 0 Å². The number of nitrogens with zero attached hydrogens (tertiary/aromatic N) is 4. The first-order valence-corrected chi connectivity index (χ1v) is 10.5. The molecule has 4 aromatic rings. The van der Waals surface area contributed by atoms with Crippen molar-refractivity contribution < 1.29 is 4.79 Å². The third-order valence-electron chi connectivity index (χ3n) is 5.17. The molecule has 0 aliphatic carbocycles. The zero-order chi connectivity index (χ0) is 23.4. The van der Waals surface area contributed by atoms with Crippen molar-refractivity contribution in [2.24, 2.45) is 0 Å². The second kappa shape index (κ2) is 9.44. The van der Waals surface area contributed by atoms with Crippen molar-refractivity contribution in [3.63, 3.8) is 0 Å². The van der Waals surface area contributed by atoms with Crippen molar-refractivity contribution in [3.05, 3.63) is 122 Å². The second-order valence-corrected chi connectivity index (χ2v) is 7.76. The summed E-state index contributed by atoms with van der Waals surface area (Å²) < 4.78 is 2.12. The monoisotopic (exact) mass is 441 g/mol. The van der Waals surface area contributed by atoms with Crippen LogP contribution in [0, 0.1) is 13.8 Å². The van der Waals surface area contributed by atoms with Crippen molar-refractivity contribution in [1.29, 1.82) is 0 Å². The van der Waals surface area contributed by atoms with Crippen LogP contribution in [0.1, 0.15) is 32.9 Å². The molecule has 1 amide bonds. The summed E-state index contributed by atoms with van der Waals surface area (Å²) in [6.07, 6.45) is 1.62. The van der Waals surface area contributed by atoms with Crippen molar-refractivity contribution in [3.8, 4) is 5.69 Å². The van der Waals surface area contributed by atoms with Crippen LogP contribution in [0.2, 0.25) is 0 Å². The standard InChI is InChI=1S/C25H23N5O3/c1-17-6-10-19(11-7-17)16-29-24(32)22(23(31)27-15-20-5-3-4-14-26-20)28-30(25(29)33)21-12-8-18(2)9-13-21/h3-14H,15-16H2,1-2H3,(H,27,31). The van der Waals surface area contributed by atoms with Crippen molar-refractivity contribution >= 4 is 5.91 Å². The quantitative estimate of drug-likeness (QED) is 0.495. The topological polar surface area (TPSA) is 98.9 Å². The highest BCUT2D eigenvalue weighted by atomic mass is 16.2. The zero-order valence-corrected chi connectivity index (χ0v) is 18.4. The number of hydrogen-bond acceptors (Lipinski definition) is 5. The lowest BCUT2D eigenvalue weighted by atomic mass is 10.1. The van der Waals surface area contributed by atoms with Gasteiger partial charge >= 0.3 is 5.69 Å². The minimum atomic E-state index is -0.748. The number of hydrogen-bond donors (Lipinski definition) is 1. The van der Waals surface area contributed by atoms with Crippen molar-refractivity contribution in [1.82, 2.24) is 24.6 Å². The molecule has 8 nitrogen and oxygen atoms in total. The Bertz CT molecular complexity index is 1390. The summed E-state index contributed by atoms with van der Waals surface area (Å²) in [6.45, 7) is 4.03. The lowest BCUT2D eigenvalue weighted by molar-refractivity contribution is 0.0940. The van der Waals surface area contributed by atoms with E-state index >= 15 is 0 Å². The molecular weight excluding hydrogens is 418 g/mol. The number of benzene rings is 2. The molecule has 1 N–H and O–H groups in total. The maximum absolute atomic E-state index is 13.2. The van der Waals surface area contributed by atoms with Crippen LogP contribution >= 0.6 is 0 Å². The summed E-state index contributed by atoms with van der Waals surface area (Å²) in [5.74, 6) is -0.677. The molecule has 4 rings (SSSR count). The fourth-order valence-corrected chi connectivity index (χ4v) is 3.28. The molecule has 0 atom stereocenters. The number of carbonyl (C=O) groups is 1. The van der Waals surface area contributed by atoms with Gasteiger partial charge in [-0.15, -0.1) is 0 Å². The fourth-order valence-electron chi connectivity index (χ4n) is 3.28. The maximum atomic E-state index is 13.2. The van der Waals surface area contributed by atoms with Gasteiger partial charge in [0, 0.05) is 6.20 Å². The van der Waals surface area contributed by atoms with Crippen LogP contribution in [0.15, 0.2) is 82.5 Å². The number of aryl methyl sites for hydroxylation is 2. The van der Waals surface area contributed by atoms with Gasteiger partial charge in [0.2, 0.25) is 5.69 Å². The van der Waals surface area contributed by atoms with Crippen LogP contribution in [-0.2, 0) is 13.1 Å². The minimum absolute atomic E-state index is 0.0207. The summed E-state index contributed by atoms with van der Waals surface area (Å²) in [4.78, 5) is 43.5. The SMILES string of the molecule is Cc1ccc(Cn2c(=O)c(C(=O)NCc3ccccn3)nn(-c3ccc(C)cc3)c2=O)cc1. The van der Waals surface area contributed by atoms with Gasteiger partial charge < -0.3 is 5.32 Å². The van der Waals surface area contributed by atoms with Gasteiger partial charge in [0.05, 0.1) is 24.5 Å². The summed E-state index contributed by atoms with van der Waals surface area (Å²) in [6, 6.07) is 19.9. The highest BCUT2D eigenvalue weighted by Crippen LogP contribution is 2.07. The van der Waals surface area contributed by atoms with E-state index in [2.05, 4.69) is 15.4 Å². The van der Waals surface area contributed by atoms with E-state index < -0.39 is 17.2 Å². The average molecular weight is 441 g/mol. The Morgan fingerprint density at radius 2 is 1.58 bits per heavy atom. The zero-order valence-electron chi connectivity index (χ0n) is 18.4. The molecule has 0 aliphatic rings. The van der Waals surface area contributed by atoms with E-state index in [0.29, 0.717) is 11.4 Å². The van der Waals surface area contributed by atoms with Crippen molar-refractivity contribution in [2.75, 3.05) is 0 Å². The lowest BCUT2D eigenvalue weighted by Crippen LogP contribution is -2.46. The van der Waals surface area contributed by atoms with Crippen molar-refractivity contribution in [2.45, 2.75) is 26.9 Å². The molecule has 8 heteroatoms. The van der Waals surface area contributed by atoms with E-state index in [1.165, 1.54) is 0 Å². The number of pyridine rings is 1. The molecule has 2 aromatic carbocycles. The fraction of sp³-hybridized carbons (Fsp3) is 0.160. The summed E-state index contributed by atoms with van der Waals surface area (Å²) in [5.41, 5.74) is 2.20. The van der Waals surface area contributed by atoms with E-state index in [1.807, 2.05) is 50.2 Å². The smallest absolute Gasteiger partial charge is 0.345 e. The maximum Gasteiger partial charge on any atom is 0.352 e. The molecule has 33 heavy (non-hydrogen) atoms. The number of amides is 1. The van der Waals surface area contributed by atoms with Crippen LogP contribution < -0.4 is 16.6 Å². The minimum Gasteiger partial charge on any atom is -0.345 e. The molecule has 166 valence electrons. The van der Waals surface area contributed by atoms with Crippen LogP contribution in [0.3, 0.4) is 0 Å². The van der Waals surface area contributed by atoms with Gasteiger partial charge in [-0.3, -0.25) is 19.1 Å². The second-order valence-electron chi connectivity index (χ2n) is 7.76. The van der Waals surface area contributed by atoms with E-state index in [1.54, 1.807) is 36.5 Å². The van der Waals surface area contributed by atoms with Crippen LogP contribution in [-0.4, -0.2) is 25.2 Å². The normalized spacial score (nSPS) is 10.7. The molecule has 0 aliphatic heterocycles. The third kappa shape index (κ3) is 4.95. The van der Waals surface area contributed by atoms with Gasteiger partial charge in [-0.25, -0.2) is 4.79 Å². The highest BCUT2D eigenvalue weighted by Gasteiger charge is 2.20. The molecule has 0 radical (unpaired) electrons. The van der Waals surface area contributed by atoms with E-state index in [-0.39, 0.29) is 18.8 Å². The predicted octanol–water partition coefficient (Wildman–Crippen LogP) is 2.38. The van der Waals surface area contributed by atoms with Gasteiger partial charge in [-0.1, -0.05) is 53.6 Å². The average Bonchev–Trinajstić information content (AvgIpc) is 2.83. The number of nitrogens with one attached hydrogen (secondary N) is 1. The molecule has 0 fully saturated rings. The highest BCUT2D eigenvalue weighted by molar-refractivity contribution is 5.91. The van der Waals surface area contributed by atoms with E-state index in [0.717, 1.165) is 25.9 Å². The van der Waals surface area contributed by atoms with Gasteiger partial charge in [0.1, 0.15) is 0 Å². The Labute approximate surface area is 190 Å². The molecule has 0 spiro atoms. The van der Waals surface area contributed by atoms with Gasteiger partial charge in [0.25, 0.3) is 11.5 Å². The Morgan fingerprint density at radius 1 is 0.909 bits per heavy atom. The Hall–Kier alpha value is -4.33. The number of carbonyl (C=O) groups excluding carboxylic acids is 1. The Balaban J connectivity index is 1.77. The molecule has 2 heterocycles. The summed E-state index contributed by atoms with van der Waals surface area (Å²) >= 11 is 0. The van der Waals surface area contributed by atoms with E-state index in [9.17, 15) is 14.4 Å². The molecule has 0 bridgehead atoms. The molecule has 0 saturated heterocycles. The van der Waals surface area contributed by atoms with Crippen LogP contribution in [0.4, 0.5) is 0 Å². The Morgan fingerprint density at radius 3 is 2.21 bits per heavy atom. The molecular formula is C25H23N5O3. The van der Waals surface area contributed by atoms with Crippen LogP contribution in [0.5, 0.6) is 0 Å². The van der Waals surface area contributed by atoms with Gasteiger partial charge in [-0.2, -0.15) is 9.78 Å². The first-order valence-electron chi connectivity index (χ1n) is 10.5. The number of aromatic nitrogens is 4. The van der Waals surface area contributed by atoms with Gasteiger partial charge in [0.15, 0.2) is 0 Å². The van der Waals surface area contributed by atoms with Gasteiger partial charge in [-0.05, 0) is 43.7 Å². The first kappa shape index (κ1) is 21.9. The first-order chi connectivity index (χ1) is 15.9. The Kier molecular flexibility index (Phi) is 6.26. The largest absolute Gasteiger partial charge is 0.352 e. The molecule has 0 unspecified atom stereocenters. The predicted molar refractivity (Wildman–Crippen MR) is 125 cm³/mol. The summed E-state index contributed by atoms with van der Waals surface area (Å²) in [5, 5.41) is 6.81. The van der Waals surface area contributed by atoms with Crippen LogP contribution in [0.25, 0.3) is 5.69 Å². The lowest BCUT2D eigenvalue weighted by Gasteiger charge is -2.13.